The zero-order valence-corrected chi connectivity index (χ0v) is 13.1. The van der Waals surface area contributed by atoms with Gasteiger partial charge in [0.25, 0.3) is 0 Å². The van der Waals surface area contributed by atoms with Gasteiger partial charge in [0.05, 0.1) is 5.75 Å². The summed E-state index contributed by atoms with van der Waals surface area (Å²) >= 11 is 0. The minimum Gasteiger partial charge on any atom is -0.316 e. The van der Waals surface area contributed by atoms with Crippen LogP contribution in [0.2, 0.25) is 0 Å². The van der Waals surface area contributed by atoms with E-state index >= 15 is 0 Å². The number of rotatable bonds is 6. The Kier molecular flexibility index (Phi) is 4.98. The maximum Gasteiger partial charge on any atom is 0.236 e. The first-order valence-corrected chi connectivity index (χ1v) is 8.43. The third kappa shape index (κ3) is 4.88. The quantitative estimate of drug-likeness (QED) is 0.862. The van der Waals surface area contributed by atoms with Crippen molar-refractivity contribution in [3.63, 3.8) is 0 Å². The maximum atomic E-state index is 12.1. The first-order valence-electron chi connectivity index (χ1n) is 6.78. The molecule has 0 aliphatic heterocycles. The van der Waals surface area contributed by atoms with Crippen LogP contribution in [-0.2, 0) is 22.3 Å². The number of nitrogens with one attached hydrogen (secondary N) is 2. The van der Waals surface area contributed by atoms with Crippen molar-refractivity contribution in [3.05, 3.63) is 65.2 Å². The van der Waals surface area contributed by atoms with Gasteiger partial charge in [0.2, 0.25) is 10.0 Å². The standard InChI is InChI=1S/C16H20N2O2S/c1-13-3-9-16(10-4-13)18-21(19,20)12-15-7-5-14(6-8-15)11-17-2/h3-10,17-18H,11-12H2,1-2H3. The van der Waals surface area contributed by atoms with Crippen LogP contribution in [0, 0.1) is 6.92 Å². The van der Waals surface area contributed by atoms with Crippen LogP contribution in [0.4, 0.5) is 5.69 Å². The molecule has 2 aromatic carbocycles. The van der Waals surface area contributed by atoms with E-state index < -0.39 is 10.0 Å². The summed E-state index contributed by atoms with van der Waals surface area (Å²) in [7, 11) is -1.51. The Morgan fingerprint density at radius 2 is 1.48 bits per heavy atom. The number of aryl methyl sites for hydroxylation is 1. The molecule has 0 aliphatic rings. The van der Waals surface area contributed by atoms with E-state index in [1.807, 2.05) is 50.4 Å². The van der Waals surface area contributed by atoms with E-state index in [1.54, 1.807) is 12.1 Å². The average Bonchev–Trinajstić information content (AvgIpc) is 2.43. The second kappa shape index (κ2) is 6.74. The van der Waals surface area contributed by atoms with E-state index in [-0.39, 0.29) is 5.75 Å². The molecular weight excluding hydrogens is 284 g/mol. The maximum absolute atomic E-state index is 12.1. The van der Waals surface area contributed by atoms with Crippen LogP contribution >= 0.6 is 0 Å². The van der Waals surface area contributed by atoms with Crippen molar-refractivity contribution >= 4 is 15.7 Å². The second-order valence-electron chi connectivity index (χ2n) is 5.07. The molecule has 112 valence electrons. The van der Waals surface area contributed by atoms with Crippen molar-refractivity contribution in [1.82, 2.24) is 5.32 Å². The molecule has 0 aliphatic carbocycles. The van der Waals surface area contributed by atoms with Crippen LogP contribution in [0.1, 0.15) is 16.7 Å². The lowest BCUT2D eigenvalue weighted by atomic mass is 10.1. The Labute approximate surface area is 126 Å². The fourth-order valence-electron chi connectivity index (χ4n) is 2.01. The molecule has 0 radical (unpaired) electrons. The van der Waals surface area contributed by atoms with Gasteiger partial charge in [0.15, 0.2) is 0 Å². The molecule has 4 nitrogen and oxygen atoms in total. The van der Waals surface area contributed by atoms with Crippen molar-refractivity contribution in [3.8, 4) is 0 Å². The lowest BCUT2D eigenvalue weighted by Crippen LogP contribution is -2.15. The zero-order chi connectivity index (χ0) is 15.3. The molecule has 2 rings (SSSR count). The molecule has 2 N–H and O–H groups in total. The monoisotopic (exact) mass is 304 g/mol. The normalized spacial score (nSPS) is 11.3. The van der Waals surface area contributed by atoms with Gasteiger partial charge in [-0.05, 0) is 37.2 Å². The van der Waals surface area contributed by atoms with Crippen molar-refractivity contribution in [1.29, 1.82) is 0 Å². The highest BCUT2D eigenvalue weighted by Gasteiger charge is 2.11. The molecule has 0 unspecified atom stereocenters. The molecule has 2 aromatic rings. The summed E-state index contributed by atoms with van der Waals surface area (Å²) in [6, 6.07) is 14.9. The Hall–Kier alpha value is -1.85. The van der Waals surface area contributed by atoms with Gasteiger partial charge in [-0.15, -0.1) is 0 Å². The van der Waals surface area contributed by atoms with Gasteiger partial charge in [0.1, 0.15) is 0 Å². The Balaban J connectivity index is 2.04. The van der Waals surface area contributed by atoms with Crippen LogP contribution in [0.5, 0.6) is 0 Å². The van der Waals surface area contributed by atoms with Crippen LogP contribution in [0.3, 0.4) is 0 Å². The summed E-state index contributed by atoms with van der Waals surface area (Å²) in [4.78, 5) is 0. The van der Waals surface area contributed by atoms with Crippen molar-refractivity contribution in [2.75, 3.05) is 11.8 Å². The highest BCUT2D eigenvalue weighted by Crippen LogP contribution is 2.14. The van der Waals surface area contributed by atoms with E-state index in [0.29, 0.717) is 5.69 Å². The molecule has 0 atom stereocenters. The number of benzene rings is 2. The number of hydrogen-bond donors (Lipinski definition) is 2. The molecule has 0 bridgehead atoms. The average molecular weight is 304 g/mol. The van der Waals surface area contributed by atoms with Gasteiger partial charge in [-0.2, -0.15) is 0 Å². The third-order valence-corrected chi connectivity index (χ3v) is 4.35. The van der Waals surface area contributed by atoms with Gasteiger partial charge >= 0.3 is 0 Å². The molecule has 0 spiro atoms. The Morgan fingerprint density at radius 1 is 0.905 bits per heavy atom. The largest absolute Gasteiger partial charge is 0.316 e. The summed E-state index contributed by atoms with van der Waals surface area (Å²) in [5.74, 6) is -0.0271. The molecular formula is C16H20N2O2S. The first-order chi connectivity index (χ1) is 9.98. The third-order valence-electron chi connectivity index (χ3n) is 3.09. The van der Waals surface area contributed by atoms with Crippen LogP contribution in [0.25, 0.3) is 0 Å². The van der Waals surface area contributed by atoms with Crippen LogP contribution in [-0.4, -0.2) is 15.5 Å². The van der Waals surface area contributed by atoms with Gasteiger partial charge in [-0.1, -0.05) is 42.0 Å². The van der Waals surface area contributed by atoms with Crippen molar-refractivity contribution in [2.45, 2.75) is 19.2 Å². The number of anilines is 1. The molecule has 0 heterocycles. The summed E-state index contributed by atoms with van der Waals surface area (Å²) in [5, 5.41) is 3.06. The molecule has 0 saturated carbocycles. The van der Waals surface area contributed by atoms with E-state index in [4.69, 9.17) is 0 Å². The first kappa shape index (κ1) is 15.5. The van der Waals surface area contributed by atoms with Gasteiger partial charge in [-0.25, -0.2) is 8.42 Å². The summed E-state index contributed by atoms with van der Waals surface area (Å²) in [6.07, 6.45) is 0. The molecule has 0 saturated heterocycles. The Morgan fingerprint density at radius 3 is 2.05 bits per heavy atom. The van der Waals surface area contributed by atoms with E-state index in [1.165, 1.54) is 0 Å². The second-order valence-corrected chi connectivity index (χ2v) is 6.80. The predicted octanol–water partition coefficient (Wildman–Crippen LogP) is 2.66. The van der Waals surface area contributed by atoms with Gasteiger partial charge in [0, 0.05) is 12.2 Å². The van der Waals surface area contributed by atoms with Crippen molar-refractivity contribution < 1.29 is 8.42 Å². The lowest BCUT2D eigenvalue weighted by molar-refractivity contribution is 0.600. The molecule has 0 fully saturated rings. The summed E-state index contributed by atoms with van der Waals surface area (Å²) in [6.45, 7) is 2.74. The lowest BCUT2D eigenvalue weighted by Gasteiger charge is -2.09. The van der Waals surface area contributed by atoms with Gasteiger partial charge in [-0.3, -0.25) is 4.72 Å². The molecule has 21 heavy (non-hydrogen) atoms. The van der Waals surface area contributed by atoms with Crippen molar-refractivity contribution in [2.24, 2.45) is 0 Å². The summed E-state index contributed by atoms with van der Waals surface area (Å²) < 4.78 is 26.9. The highest BCUT2D eigenvalue weighted by atomic mass is 32.2. The van der Waals surface area contributed by atoms with E-state index in [2.05, 4.69) is 10.0 Å². The predicted molar refractivity (Wildman–Crippen MR) is 86.6 cm³/mol. The zero-order valence-electron chi connectivity index (χ0n) is 12.3. The van der Waals surface area contributed by atoms with E-state index in [0.717, 1.165) is 23.2 Å². The Bertz CT molecular complexity index is 677. The van der Waals surface area contributed by atoms with E-state index in [9.17, 15) is 8.42 Å². The minimum atomic E-state index is -3.39. The minimum absolute atomic E-state index is 0.0271. The van der Waals surface area contributed by atoms with Gasteiger partial charge < -0.3 is 5.32 Å². The smallest absolute Gasteiger partial charge is 0.236 e. The molecule has 0 aromatic heterocycles. The molecule has 5 heteroatoms. The fraction of sp³-hybridized carbons (Fsp3) is 0.250. The summed E-state index contributed by atoms with van der Waals surface area (Å²) in [5.41, 5.74) is 3.59. The number of hydrogen-bond acceptors (Lipinski definition) is 3. The molecule has 0 amide bonds. The topological polar surface area (TPSA) is 58.2 Å². The SMILES string of the molecule is CNCc1ccc(CS(=O)(=O)Nc2ccc(C)cc2)cc1. The van der Waals surface area contributed by atoms with Crippen LogP contribution < -0.4 is 10.0 Å². The number of sulfonamides is 1. The van der Waals surface area contributed by atoms with Crippen LogP contribution in [0.15, 0.2) is 48.5 Å². The highest BCUT2D eigenvalue weighted by molar-refractivity contribution is 7.91. The fourth-order valence-corrected chi connectivity index (χ4v) is 3.21.